The summed E-state index contributed by atoms with van der Waals surface area (Å²) >= 11 is 0. The molecule has 0 saturated heterocycles. The third-order valence-electron chi connectivity index (χ3n) is 6.87. The number of fused-ring (bicyclic) bond motifs is 1. The third-order valence-corrected chi connectivity index (χ3v) is 6.87. The van der Waals surface area contributed by atoms with Crippen LogP contribution in [0.4, 0.5) is 0 Å². The van der Waals surface area contributed by atoms with E-state index in [-0.39, 0.29) is 17.5 Å². The summed E-state index contributed by atoms with van der Waals surface area (Å²) in [6.45, 7) is 8.37. The molecule has 0 aromatic heterocycles. The Morgan fingerprint density at radius 2 is 1.81 bits per heavy atom. The fourth-order valence-corrected chi connectivity index (χ4v) is 4.61. The number of rotatable bonds is 6. The van der Waals surface area contributed by atoms with Crippen molar-refractivity contribution in [3.63, 3.8) is 0 Å². The summed E-state index contributed by atoms with van der Waals surface area (Å²) in [7, 11) is 0. The Hall–Kier alpha value is -3.01. The van der Waals surface area contributed by atoms with E-state index in [1.165, 1.54) is 5.56 Å². The van der Waals surface area contributed by atoms with Gasteiger partial charge in [-0.25, -0.2) is 0 Å². The summed E-state index contributed by atoms with van der Waals surface area (Å²) in [5, 5.41) is 0. The van der Waals surface area contributed by atoms with Crippen molar-refractivity contribution in [2.45, 2.75) is 64.5 Å². The Balaban J connectivity index is 1.45. The second-order valence-electron chi connectivity index (χ2n) is 8.98. The van der Waals surface area contributed by atoms with Crippen molar-refractivity contribution >= 4 is 17.5 Å². The highest BCUT2D eigenvalue weighted by atomic mass is 16.2. The minimum atomic E-state index is -0.766. The van der Waals surface area contributed by atoms with Crippen LogP contribution in [0.1, 0.15) is 76.9 Å². The van der Waals surface area contributed by atoms with Gasteiger partial charge in [-0.05, 0) is 55.4 Å². The van der Waals surface area contributed by atoms with Crippen LogP contribution in [0.25, 0.3) is 0 Å². The lowest BCUT2D eigenvalue weighted by molar-refractivity contribution is -0.130. The summed E-state index contributed by atoms with van der Waals surface area (Å²) in [5.41, 5.74) is 4.80. The van der Waals surface area contributed by atoms with E-state index in [9.17, 15) is 14.4 Å². The first-order valence-corrected chi connectivity index (χ1v) is 11.1. The van der Waals surface area contributed by atoms with E-state index >= 15 is 0 Å². The van der Waals surface area contributed by atoms with Gasteiger partial charge in [-0.15, -0.1) is 0 Å². The van der Waals surface area contributed by atoms with Gasteiger partial charge in [0, 0.05) is 30.5 Å². The van der Waals surface area contributed by atoms with Gasteiger partial charge in [0.2, 0.25) is 0 Å². The van der Waals surface area contributed by atoms with E-state index in [1.807, 2.05) is 49.4 Å². The van der Waals surface area contributed by atoms with Crippen LogP contribution in [0.3, 0.4) is 0 Å². The smallest absolute Gasteiger partial charge is 0.255 e. The Kier molecular flexibility index (Phi) is 5.65. The summed E-state index contributed by atoms with van der Waals surface area (Å²) in [6, 6.07) is 13.6. The highest BCUT2D eigenvalue weighted by Gasteiger charge is 2.46. The number of carbonyl (C=O) groups is 3. The molecule has 1 aliphatic heterocycles. The van der Waals surface area contributed by atoms with E-state index in [4.69, 9.17) is 0 Å². The minimum Gasteiger partial charge on any atom is -0.322 e. The van der Waals surface area contributed by atoms with E-state index in [0.29, 0.717) is 37.8 Å². The predicted octanol–water partition coefficient (Wildman–Crippen LogP) is 5.09. The van der Waals surface area contributed by atoms with Crippen molar-refractivity contribution in [1.82, 2.24) is 4.90 Å². The molecule has 4 heteroatoms. The predicted molar refractivity (Wildman–Crippen MR) is 121 cm³/mol. The first kappa shape index (κ1) is 21.2. The third kappa shape index (κ3) is 3.99. The number of allylic oxidation sites excluding steroid dienone is 1. The molecule has 31 heavy (non-hydrogen) atoms. The van der Waals surface area contributed by atoms with Crippen LogP contribution in [0.15, 0.2) is 54.6 Å². The quantitative estimate of drug-likeness (QED) is 0.488. The lowest BCUT2D eigenvalue weighted by Crippen LogP contribution is -2.54. The number of ketones is 2. The van der Waals surface area contributed by atoms with Crippen molar-refractivity contribution in [3.05, 3.63) is 82.4 Å². The van der Waals surface area contributed by atoms with Crippen molar-refractivity contribution in [3.8, 4) is 0 Å². The highest BCUT2D eigenvalue weighted by Crippen LogP contribution is 2.38. The topological polar surface area (TPSA) is 54.5 Å². The summed E-state index contributed by atoms with van der Waals surface area (Å²) in [6.07, 6.45) is 3.77. The number of Topliss-reactive ketones (excluding diaryl/α,β-unsaturated/α-hetero) is 2. The van der Waals surface area contributed by atoms with E-state index in [2.05, 4.69) is 13.5 Å². The van der Waals surface area contributed by atoms with Crippen LogP contribution in [0.5, 0.6) is 0 Å². The molecule has 4 nitrogen and oxygen atoms in total. The fourth-order valence-electron chi connectivity index (χ4n) is 4.61. The van der Waals surface area contributed by atoms with E-state index in [1.54, 1.807) is 4.90 Å². The fraction of sp³-hybridized carbons (Fsp3) is 0.370. The molecular weight excluding hydrogens is 386 g/mol. The molecule has 1 amide bonds. The van der Waals surface area contributed by atoms with Crippen LogP contribution >= 0.6 is 0 Å². The Labute approximate surface area is 184 Å². The van der Waals surface area contributed by atoms with Crippen molar-refractivity contribution in [1.29, 1.82) is 0 Å². The van der Waals surface area contributed by atoms with Crippen molar-refractivity contribution in [2.75, 3.05) is 0 Å². The van der Waals surface area contributed by atoms with Gasteiger partial charge in [-0.2, -0.15) is 0 Å². The molecule has 1 heterocycles. The van der Waals surface area contributed by atoms with E-state index in [0.717, 1.165) is 35.1 Å². The molecule has 0 N–H and O–H groups in total. The zero-order chi connectivity index (χ0) is 22.2. The molecule has 0 spiro atoms. The van der Waals surface area contributed by atoms with Crippen molar-refractivity contribution < 1.29 is 14.4 Å². The molecule has 0 radical (unpaired) electrons. The maximum atomic E-state index is 13.0. The van der Waals surface area contributed by atoms with Gasteiger partial charge >= 0.3 is 0 Å². The number of aryl methyl sites for hydroxylation is 2. The van der Waals surface area contributed by atoms with Gasteiger partial charge in [-0.1, -0.05) is 55.5 Å². The van der Waals surface area contributed by atoms with Gasteiger partial charge in [-0.3, -0.25) is 14.4 Å². The zero-order valence-electron chi connectivity index (χ0n) is 18.4. The average molecular weight is 416 g/mol. The van der Waals surface area contributed by atoms with Crippen LogP contribution in [0.2, 0.25) is 0 Å². The molecule has 1 atom stereocenters. The number of amides is 1. The van der Waals surface area contributed by atoms with Gasteiger partial charge in [0.1, 0.15) is 0 Å². The first-order valence-electron chi connectivity index (χ1n) is 11.1. The standard InChI is InChI=1S/C27H29NO3/c1-4-19-5-9-21(10-6-19)24(29)12-8-20-7-11-23-22(16-20)17-28(26(23)31)27(3)14-13-18(2)15-25(27)30/h5-7,9-11,16H,2,4,8,12-15,17H2,1,3H3/t27-/m0/s1. The van der Waals surface area contributed by atoms with Crippen LogP contribution in [-0.4, -0.2) is 27.9 Å². The van der Waals surface area contributed by atoms with Crippen LogP contribution in [0, 0.1) is 0 Å². The maximum Gasteiger partial charge on any atom is 0.255 e. The zero-order valence-corrected chi connectivity index (χ0v) is 18.4. The number of hydrogen-bond acceptors (Lipinski definition) is 3. The van der Waals surface area contributed by atoms with Crippen molar-refractivity contribution in [2.24, 2.45) is 0 Å². The Morgan fingerprint density at radius 3 is 2.48 bits per heavy atom. The highest BCUT2D eigenvalue weighted by molar-refractivity contribution is 6.03. The number of hydrogen-bond donors (Lipinski definition) is 0. The molecule has 2 aromatic carbocycles. The first-order chi connectivity index (χ1) is 14.8. The molecule has 0 unspecified atom stereocenters. The monoisotopic (exact) mass is 415 g/mol. The molecule has 2 aromatic rings. The van der Waals surface area contributed by atoms with Gasteiger partial charge in [0.15, 0.2) is 11.6 Å². The minimum absolute atomic E-state index is 0.0722. The number of carbonyl (C=O) groups excluding carboxylic acids is 3. The number of benzene rings is 2. The summed E-state index contributed by atoms with van der Waals surface area (Å²) in [4.78, 5) is 40.1. The molecule has 1 fully saturated rings. The van der Waals surface area contributed by atoms with Gasteiger partial charge in [0.05, 0.1) is 5.54 Å². The molecule has 1 saturated carbocycles. The normalized spacial score (nSPS) is 20.8. The molecule has 4 rings (SSSR count). The number of nitrogens with zero attached hydrogens (tertiary/aromatic N) is 1. The summed E-state index contributed by atoms with van der Waals surface area (Å²) < 4.78 is 0. The molecule has 1 aliphatic carbocycles. The summed E-state index contributed by atoms with van der Waals surface area (Å²) in [5.74, 6) is 0.128. The second kappa shape index (κ2) is 8.26. The Morgan fingerprint density at radius 1 is 1.10 bits per heavy atom. The van der Waals surface area contributed by atoms with Crippen LogP contribution < -0.4 is 0 Å². The SMILES string of the molecule is C=C1CC[C@](C)(N2Cc3cc(CCC(=O)c4ccc(CC)cc4)ccc3C2=O)C(=O)C1. The van der Waals surface area contributed by atoms with E-state index < -0.39 is 5.54 Å². The molecule has 2 aliphatic rings. The second-order valence-corrected chi connectivity index (χ2v) is 8.98. The average Bonchev–Trinajstić information content (AvgIpc) is 3.11. The molecule has 160 valence electrons. The largest absolute Gasteiger partial charge is 0.322 e. The lowest BCUT2D eigenvalue weighted by atomic mass is 9.79. The van der Waals surface area contributed by atoms with Gasteiger partial charge < -0.3 is 4.90 Å². The van der Waals surface area contributed by atoms with Crippen LogP contribution in [-0.2, 0) is 24.2 Å². The molecular formula is C27H29NO3. The maximum absolute atomic E-state index is 13.0. The Bertz CT molecular complexity index is 1070. The van der Waals surface area contributed by atoms with Gasteiger partial charge in [0.25, 0.3) is 5.91 Å². The molecule has 0 bridgehead atoms. The lowest BCUT2D eigenvalue weighted by Gasteiger charge is -2.40.